The van der Waals surface area contributed by atoms with Gasteiger partial charge in [-0.05, 0) is 67.6 Å². The summed E-state index contributed by atoms with van der Waals surface area (Å²) in [5.41, 5.74) is 3.16. The summed E-state index contributed by atoms with van der Waals surface area (Å²) in [5.74, 6) is -0.230. The highest BCUT2D eigenvalue weighted by Crippen LogP contribution is 2.38. The van der Waals surface area contributed by atoms with Crippen LogP contribution in [0, 0.1) is 25.7 Å². The van der Waals surface area contributed by atoms with Crippen molar-refractivity contribution < 1.29 is 14.3 Å². The summed E-state index contributed by atoms with van der Waals surface area (Å²) in [7, 11) is 0. The molecule has 3 rings (SSSR count). The molecule has 5 heteroatoms. The number of esters is 1. The quantitative estimate of drug-likeness (QED) is 0.757. The number of nitrogens with one attached hydrogen (secondary N) is 1. The van der Waals surface area contributed by atoms with E-state index in [9.17, 15) is 9.59 Å². The lowest BCUT2D eigenvalue weighted by Crippen LogP contribution is -2.21. The van der Waals surface area contributed by atoms with Gasteiger partial charge in [-0.3, -0.25) is 9.59 Å². The fraction of sp³-hybridized carbons (Fsp3) is 0.333. The van der Waals surface area contributed by atoms with E-state index in [-0.39, 0.29) is 24.4 Å². The molecule has 0 radical (unpaired) electrons. The molecule has 2 atom stereocenters. The van der Waals surface area contributed by atoms with Crippen LogP contribution in [0.4, 0.5) is 5.69 Å². The van der Waals surface area contributed by atoms with Crippen molar-refractivity contribution in [2.24, 2.45) is 11.8 Å². The minimum absolute atomic E-state index is 0.0239. The van der Waals surface area contributed by atoms with E-state index in [4.69, 9.17) is 4.74 Å². The normalized spacial score (nSPS) is 18.3. The van der Waals surface area contributed by atoms with Gasteiger partial charge in [0.05, 0.1) is 5.92 Å². The van der Waals surface area contributed by atoms with E-state index in [1.54, 1.807) is 11.8 Å². The predicted molar refractivity (Wildman–Crippen MR) is 103 cm³/mol. The van der Waals surface area contributed by atoms with Gasteiger partial charge in [0.2, 0.25) is 0 Å². The van der Waals surface area contributed by atoms with Gasteiger partial charge in [0.1, 0.15) is 0 Å². The molecule has 0 bridgehead atoms. The van der Waals surface area contributed by atoms with E-state index in [1.165, 1.54) is 16.0 Å². The maximum absolute atomic E-state index is 11.9. The van der Waals surface area contributed by atoms with Crippen molar-refractivity contribution in [3.05, 3.63) is 53.6 Å². The molecule has 1 amide bonds. The molecular formula is C21H23NO3S. The number of benzene rings is 2. The molecule has 2 aromatic rings. The van der Waals surface area contributed by atoms with Gasteiger partial charge in [-0.15, -0.1) is 0 Å². The number of carbonyl (C=O) groups excluding carboxylic acids is 2. The van der Waals surface area contributed by atoms with Gasteiger partial charge in [0.15, 0.2) is 6.61 Å². The molecule has 2 aromatic carbocycles. The highest BCUT2D eigenvalue weighted by atomic mass is 32.2. The standard InChI is InChI=1S/C21H23NO3S/c1-13-4-5-14(2)19(10-13)26-17-8-6-16(7-9-17)22-20(23)12-25-21(24)18-11-15(18)3/h4-10,15,18H,11-12H2,1-3H3,(H,22,23)/t15-,18+/m0/s1. The lowest BCUT2D eigenvalue weighted by Gasteiger charge is -2.09. The highest BCUT2D eigenvalue weighted by Gasteiger charge is 2.40. The zero-order valence-corrected chi connectivity index (χ0v) is 16.1. The number of hydrogen-bond donors (Lipinski definition) is 1. The van der Waals surface area contributed by atoms with E-state index in [2.05, 4.69) is 37.4 Å². The summed E-state index contributed by atoms with van der Waals surface area (Å²) in [6.45, 7) is 5.95. The Hall–Kier alpha value is -2.27. The van der Waals surface area contributed by atoms with E-state index >= 15 is 0 Å². The van der Waals surface area contributed by atoms with Crippen LogP contribution in [0.2, 0.25) is 0 Å². The van der Waals surface area contributed by atoms with Gasteiger partial charge in [-0.1, -0.05) is 30.8 Å². The second-order valence-electron chi connectivity index (χ2n) is 6.87. The Labute approximate surface area is 158 Å². The smallest absolute Gasteiger partial charge is 0.309 e. The van der Waals surface area contributed by atoms with Crippen LogP contribution >= 0.6 is 11.8 Å². The van der Waals surface area contributed by atoms with Crippen LogP contribution in [-0.2, 0) is 14.3 Å². The molecule has 136 valence electrons. The van der Waals surface area contributed by atoms with Crippen molar-refractivity contribution in [2.45, 2.75) is 37.0 Å². The number of aryl methyl sites for hydroxylation is 2. The largest absolute Gasteiger partial charge is 0.455 e. The van der Waals surface area contributed by atoms with Crippen LogP contribution in [0.3, 0.4) is 0 Å². The molecular weight excluding hydrogens is 346 g/mol. The Kier molecular flexibility index (Phi) is 5.67. The van der Waals surface area contributed by atoms with Crippen molar-refractivity contribution in [3.63, 3.8) is 0 Å². The van der Waals surface area contributed by atoms with Gasteiger partial charge in [0, 0.05) is 15.5 Å². The molecule has 1 N–H and O–H groups in total. The predicted octanol–water partition coefficient (Wildman–Crippen LogP) is 4.59. The molecule has 1 fully saturated rings. The Morgan fingerprint density at radius 3 is 2.50 bits per heavy atom. The maximum atomic E-state index is 11.9. The third kappa shape index (κ3) is 4.88. The fourth-order valence-corrected chi connectivity index (χ4v) is 3.64. The summed E-state index contributed by atoms with van der Waals surface area (Å²) in [5, 5.41) is 2.75. The SMILES string of the molecule is Cc1ccc(C)c(Sc2ccc(NC(=O)COC(=O)[C@@H]3C[C@@H]3C)cc2)c1. The van der Waals surface area contributed by atoms with Gasteiger partial charge in [-0.25, -0.2) is 0 Å². The van der Waals surface area contributed by atoms with Crippen LogP contribution in [-0.4, -0.2) is 18.5 Å². The Balaban J connectivity index is 1.51. The first-order chi connectivity index (χ1) is 12.4. The first kappa shape index (κ1) is 18.5. The number of ether oxygens (including phenoxy) is 1. The van der Waals surface area contributed by atoms with Gasteiger partial charge in [-0.2, -0.15) is 0 Å². The number of hydrogen-bond acceptors (Lipinski definition) is 4. The molecule has 1 saturated carbocycles. The van der Waals surface area contributed by atoms with E-state index < -0.39 is 0 Å². The molecule has 0 aromatic heterocycles. The zero-order valence-electron chi connectivity index (χ0n) is 15.2. The van der Waals surface area contributed by atoms with E-state index in [1.807, 2.05) is 31.2 Å². The number of amides is 1. The summed E-state index contributed by atoms with van der Waals surface area (Å²) < 4.78 is 5.04. The topological polar surface area (TPSA) is 55.4 Å². The lowest BCUT2D eigenvalue weighted by atomic mass is 10.2. The summed E-state index contributed by atoms with van der Waals surface area (Å²) >= 11 is 1.70. The van der Waals surface area contributed by atoms with Gasteiger partial charge < -0.3 is 10.1 Å². The summed E-state index contributed by atoms with van der Waals surface area (Å²) in [6.07, 6.45) is 0.861. The molecule has 0 saturated heterocycles. The lowest BCUT2D eigenvalue weighted by molar-refractivity contribution is -0.148. The van der Waals surface area contributed by atoms with Gasteiger partial charge in [0.25, 0.3) is 5.91 Å². The first-order valence-corrected chi connectivity index (χ1v) is 9.55. The van der Waals surface area contributed by atoms with Crippen molar-refractivity contribution in [2.75, 3.05) is 11.9 Å². The third-order valence-electron chi connectivity index (χ3n) is 4.47. The van der Waals surface area contributed by atoms with Gasteiger partial charge >= 0.3 is 5.97 Å². The third-order valence-corrected chi connectivity index (χ3v) is 5.63. The van der Waals surface area contributed by atoms with E-state index in [0.717, 1.165) is 11.3 Å². The Morgan fingerprint density at radius 2 is 1.85 bits per heavy atom. The molecule has 0 unspecified atom stereocenters. The first-order valence-electron chi connectivity index (χ1n) is 8.74. The average Bonchev–Trinajstić information content (AvgIpc) is 3.34. The van der Waals surface area contributed by atoms with Crippen molar-refractivity contribution in [3.8, 4) is 0 Å². The minimum Gasteiger partial charge on any atom is -0.455 e. The van der Waals surface area contributed by atoms with Crippen LogP contribution in [0.15, 0.2) is 52.3 Å². The Morgan fingerprint density at radius 1 is 1.15 bits per heavy atom. The van der Waals surface area contributed by atoms with Crippen molar-refractivity contribution >= 4 is 29.3 Å². The molecule has 0 aliphatic heterocycles. The molecule has 0 spiro atoms. The maximum Gasteiger partial charge on any atom is 0.309 e. The number of carbonyl (C=O) groups is 2. The minimum atomic E-state index is -0.318. The highest BCUT2D eigenvalue weighted by molar-refractivity contribution is 7.99. The molecule has 1 aliphatic rings. The molecule has 4 nitrogen and oxygen atoms in total. The van der Waals surface area contributed by atoms with Crippen LogP contribution in [0.5, 0.6) is 0 Å². The summed E-state index contributed by atoms with van der Waals surface area (Å²) in [6, 6.07) is 14.1. The monoisotopic (exact) mass is 369 g/mol. The fourth-order valence-electron chi connectivity index (χ4n) is 2.64. The Bertz CT molecular complexity index is 817. The van der Waals surface area contributed by atoms with E-state index in [0.29, 0.717) is 11.6 Å². The van der Waals surface area contributed by atoms with Crippen LogP contribution < -0.4 is 5.32 Å². The molecule has 0 heterocycles. The number of anilines is 1. The second kappa shape index (κ2) is 7.96. The zero-order chi connectivity index (χ0) is 18.7. The summed E-state index contributed by atoms with van der Waals surface area (Å²) in [4.78, 5) is 25.9. The van der Waals surface area contributed by atoms with Crippen LogP contribution in [0.1, 0.15) is 24.5 Å². The van der Waals surface area contributed by atoms with Crippen molar-refractivity contribution in [1.82, 2.24) is 0 Å². The second-order valence-corrected chi connectivity index (χ2v) is 7.99. The van der Waals surface area contributed by atoms with Crippen molar-refractivity contribution in [1.29, 1.82) is 0 Å². The average molecular weight is 369 g/mol. The molecule has 1 aliphatic carbocycles. The number of rotatable bonds is 6. The molecule has 26 heavy (non-hydrogen) atoms. The van der Waals surface area contributed by atoms with Crippen LogP contribution in [0.25, 0.3) is 0 Å².